The summed E-state index contributed by atoms with van der Waals surface area (Å²) in [5, 5.41) is 12.0. The van der Waals surface area contributed by atoms with Crippen LogP contribution < -0.4 is 11.1 Å². The molecule has 0 bridgehead atoms. The number of nitrogens with zero attached hydrogens (tertiary/aromatic N) is 5. The van der Waals surface area contributed by atoms with E-state index in [-0.39, 0.29) is 29.2 Å². The Balaban J connectivity index is 1.44. The van der Waals surface area contributed by atoms with Crippen molar-refractivity contribution in [1.29, 1.82) is 0 Å². The number of alkyl halides is 3. The van der Waals surface area contributed by atoms with E-state index in [2.05, 4.69) is 15.3 Å². The fourth-order valence-corrected chi connectivity index (χ4v) is 4.80. The van der Waals surface area contributed by atoms with Gasteiger partial charge in [0, 0.05) is 48.2 Å². The number of rotatable bonds is 4. The number of nitrogens with one attached hydrogen (secondary N) is 1. The van der Waals surface area contributed by atoms with Gasteiger partial charge in [0.1, 0.15) is 28.7 Å². The molecular weight excluding hydrogens is 515 g/mol. The number of carbonyl (C=O) groups is 2. The van der Waals surface area contributed by atoms with Gasteiger partial charge in [-0.25, -0.2) is 19.7 Å². The molecule has 2 amide bonds. The lowest BCUT2D eigenvalue weighted by Crippen LogP contribution is -2.44. The van der Waals surface area contributed by atoms with Crippen molar-refractivity contribution in [3.05, 3.63) is 71.9 Å². The van der Waals surface area contributed by atoms with Gasteiger partial charge in [-0.3, -0.25) is 9.20 Å². The molecule has 5 rings (SSSR count). The molecule has 39 heavy (non-hydrogen) atoms. The van der Waals surface area contributed by atoms with Crippen LogP contribution in [0.2, 0.25) is 0 Å². The molecule has 1 aliphatic heterocycles. The van der Waals surface area contributed by atoms with E-state index in [0.717, 1.165) is 24.8 Å². The molecule has 4 aromatic rings. The highest BCUT2D eigenvalue weighted by Crippen LogP contribution is 2.35. The number of pyridine rings is 1. The first kappa shape index (κ1) is 25.9. The van der Waals surface area contributed by atoms with Crippen LogP contribution in [0.25, 0.3) is 16.8 Å². The van der Waals surface area contributed by atoms with Crippen molar-refractivity contribution in [2.75, 3.05) is 17.6 Å². The monoisotopic (exact) mass is 539 g/mol. The Morgan fingerprint density at radius 1 is 1.10 bits per heavy atom. The molecule has 13 heteroatoms. The van der Waals surface area contributed by atoms with Gasteiger partial charge in [0.15, 0.2) is 0 Å². The first-order chi connectivity index (χ1) is 18.5. The van der Waals surface area contributed by atoms with Gasteiger partial charge in [0.25, 0.3) is 5.91 Å². The number of aromatic nitrogens is 4. The number of piperidine rings is 1. The fourth-order valence-electron chi connectivity index (χ4n) is 4.80. The molecule has 2 atom stereocenters. The van der Waals surface area contributed by atoms with Gasteiger partial charge in [-0.1, -0.05) is 12.1 Å². The van der Waals surface area contributed by atoms with E-state index in [4.69, 9.17) is 10.7 Å². The van der Waals surface area contributed by atoms with Gasteiger partial charge in [-0.05, 0) is 44.0 Å². The topological polar surface area (TPSA) is 139 Å². The smallest absolute Gasteiger partial charge is 0.416 e. The van der Waals surface area contributed by atoms with Crippen molar-refractivity contribution in [2.24, 2.45) is 0 Å². The van der Waals surface area contributed by atoms with Crippen LogP contribution in [0.5, 0.6) is 0 Å². The zero-order chi connectivity index (χ0) is 27.9. The van der Waals surface area contributed by atoms with Crippen LogP contribution in [0.4, 0.5) is 29.6 Å². The Morgan fingerprint density at radius 3 is 2.54 bits per heavy atom. The third-order valence-electron chi connectivity index (χ3n) is 6.85. The van der Waals surface area contributed by atoms with Gasteiger partial charge in [-0.15, -0.1) is 0 Å². The van der Waals surface area contributed by atoms with Gasteiger partial charge in [-0.2, -0.15) is 13.2 Å². The Morgan fingerprint density at radius 2 is 1.85 bits per heavy atom. The highest BCUT2D eigenvalue weighted by molar-refractivity contribution is 6.04. The molecule has 3 aromatic heterocycles. The Kier molecular flexibility index (Phi) is 6.58. The molecule has 4 heterocycles. The summed E-state index contributed by atoms with van der Waals surface area (Å²) < 4.78 is 40.7. The average Bonchev–Trinajstić information content (AvgIpc) is 3.29. The number of likely N-dealkylation sites (tertiary alicyclic amines) is 1. The number of amides is 2. The molecule has 1 fully saturated rings. The molecule has 4 N–H and O–H groups in total. The molecule has 0 spiro atoms. The molecule has 1 saturated heterocycles. The van der Waals surface area contributed by atoms with Gasteiger partial charge >= 0.3 is 12.3 Å². The summed E-state index contributed by atoms with van der Waals surface area (Å²) in [5.41, 5.74) is 7.19. The second kappa shape index (κ2) is 9.89. The van der Waals surface area contributed by atoms with E-state index < -0.39 is 23.7 Å². The third kappa shape index (κ3) is 5.07. The first-order valence-corrected chi connectivity index (χ1v) is 12.1. The summed E-state index contributed by atoms with van der Waals surface area (Å²) in [6.45, 7) is 2.17. The summed E-state index contributed by atoms with van der Waals surface area (Å²) in [7, 11) is 0. The van der Waals surface area contributed by atoms with Crippen LogP contribution in [0.1, 0.15) is 47.4 Å². The molecule has 0 radical (unpaired) electrons. The van der Waals surface area contributed by atoms with E-state index in [0.29, 0.717) is 35.6 Å². The lowest BCUT2D eigenvalue weighted by atomic mass is 9.93. The Bertz CT molecular complexity index is 1550. The van der Waals surface area contributed by atoms with Crippen LogP contribution in [0.15, 0.2) is 55.0 Å². The minimum atomic E-state index is -4.56. The average molecular weight is 540 g/mol. The highest BCUT2D eigenvalue weighted by atomic mass is 19.4. The van der Waals surface area contributed by atoms with Crippen LogP contribution in [-0.2, 0) is 6.18 Å². The number of carbonyl (C=O) groups excluding carboxylic acids is 1. The largest absolute Gasteiger partial charge is 0.465 e. The molecule has 10 nitrogen and oxygen atoms in total. The second-order valence-corrected chi connectivity index (χ2v) is 9.37. The van der Waals surface area contributed by atoms with E-state index in [1.54, 1.807) is 24.5 Å². The van der Waals surface area contributed by atoms with Crippen molar-refractivity contribution in [2.45, 2.75) is 37.9 Å². The van der Waals surface area contributed by atoms with Crippen molar-refractivity contribution in [3.8, 4) is 11.3 Å². The Labute approximate surface area is 220 Å². The number of halogens is 3. The number of fused-ring (bicyclic) bond motifs is 1. The predicted octanol–water partition coefficient (Wildman–Crippen LogP) is 4.89. The summed E-state index contributed by atoms with van der Waals surface area (Å²) in [6.07, 6.45) is 0.139. The third-order valence-corrected chi connectivity index (χ3v) is 6.85. The maximum atomic E-state index is 13.0. The van der Waals surface area contributed by atoms with Gasteiger partial charge in [0.2, 0.25) is 0 Å². The second-order valence-electron chi connectivity index (χ2n) is 9.37. The number of carboxylic acid groups (broad SMARTS) is 1. The minimum Gasteiger partial charge on any atom is -0.465 e. The van der Waals surface area contributed by atoms with Crippen LogP contribution in [0, 0.1) is 0 Å². The number of nitrogens with two attached hydrogens (primary N) is 1. The molecular formula is C26H24F3N7O3. The number of anilines is 2. The number of imidazole rings is 1. The zero-order valence-electron chi connectivity index (χ0n) is 20.7. The van der Waals surface area contributed by atoms with E-state index in [1.807, 2.05) is 11.3 Å². The van der Waals surface area contributed by atoms with Gasteiger partial charge in [0.05, 0.1) is 5.56 Å². The number of hydrogen-bond donors (Lipinski definition) is 3. The van der Waals surface area contributed by atoms with Gasteiger partial charge < -0.3 is 21.1 Å². The van der Waals surface area contributed by atoms with Crippen LogP contribution in [0.3, 0.4) is 0 Å². The maximum Gasteiger partial charge on any atom is 0.416 e. The Hall–Kier alpha value is -4.68. The molecule has 1 aliphatic rings. The number of benzene rings is 1. The lowest BCUT2D eigenvalue weighted by molar-refractivity contribution is -0.137. The fraction of sp³-hybridized carbons (Fsp3) is 0.269. The zero-order valence-corrected chi connectivity index (χ0v) is 20.7. The standard InChI is InChI=1S/C26H24F3N7O3/c1-14-2-3-17(13-36(14)25(38)39)23-34-20(21-22(30)32-10-11-35(21)23)15-4-6-16(7-5-15)24(37)33-19-12-18(8-9-31-19)26(27,28)29/h4-12,14,17H,2-3,13H2,1H3,(H2,30,32)(H,38,39)(H,31,33,37). The first-order valence-electron chi connectivity index (χ1n) is 12.1. The summed E-state index contributed by atoms with van der Waals surface area (Å²) in [4.78, 5) is 38.6. The van der Waals surface area contributed by atoms with E-state index in [1.165, 1.54) is 17.0 Å². The van der Waals surface area contributed by atoms with Crippen molar-refractivity contribution < 1.29 is 27.9 Å². The predicted molar refractivity (Wildman–Crippen MR) is 136 cm³/mol. The van der Waals surface area contributed by atoms with Crippen LogP contribution >= 0.6 is 0 Å². The number of nitrogen functional groups attached to an aromatic ring is 1. The minimum absolute atomic E-state index is 0.0963. The molecule has 1 aromatic carbocycles. The van der Waals surface area contributed by atoms with Crippen molar-refractivity contribution in [1.82, 2.24) is 24.3 Å². The summed E-state index contributed by atoms with van der Waals surface area (Å²) in [6, 6.07) is 7.83. The number of hydrogen-bond acceptors (Lipinski definition) is 6. The van der Waals surface area contributed by atoms with Crippen molar-refractivity contribution >= 4 is 29.2 Å². The lowest BCUT2D eigenvalue weighted by Gasteiger charge is -2.35. The van der Waals surface area contributed by atoms with E-state index >= 15 is 0 Å². The quantitative estimate of drug-likeness (QED) is 0.336. The molecule has 0 saturated carbocycles. The maximum absolute atomic E-state index is 13.0. The molecule has 0 aliphatic carbocycles. The molecule has 202 valence electrons. The highest BCUT2D eigenvalue weighted by Gasteiger charge is 2.33. The van der Waals surface area contributed by atoms with Crippen molar-refractivity contribution in [3.63, 3.8) is 0 Å². The summed E-state index contributed by atoms with van der Waals surface area (Å²) in [5.74, 6) is -0.118. The normalized spacial score (nSPS) is 17.8. The SMILES string of the molecule is CC1CCC(c2nc(-c3ccc(C(=O)Nc4cc(C(F)(F)F)ccn4)cc3)c3c(N)nccn23)CN1C(=O)O. The summed E-state index contributed by atoms with van der Waals surface area (Å²) >= 11 is 0. The van der Waals surface area contributed by atoms with Crippen LogP contribution in [-0.4, -0.2) is 53.9 Å². The molecule has 2 unspecified atom stereocenters. The van der Waals surface area contributed by atoms with E-state index in [9.17, 15) is 27.9 Å².